The third-order valence-electron chi connectivity index (χ3n) is 4.85. The molecule has 33 heavy (non-hydrogen) atoms. The number of nitrogens with zero attached hydrogens (tertiary/aromatic N) is 3. The quantitative estimate of drug-likeness (QED) is 0.413. The first-order chi connectivity index (χ1) is 15.7. The van der Waals surface area contributed by atoms with Crippen LogP contribution in [0.4, 0.5) is 17.2 Å². The molecule has 1 fully saturated rings. The molecule has 2 atom stereocenters. The summed E-state index contributed by atoms with van der Waals surface area (Å²) in [6.07, 6.45) is -1.80. The predicted octanol–water partition coefficient (Wildman–Crippen LogP) is 1.87. The number of anilines is 1. The van der Waals surface area contributed by atoms with Crippen LogP contribution in [0.2, 0.25) is 0 Å². The van der Waals surface area contributed by atoms with Gasteiger partial charge in [0.1, 0.15) is 6.10 Å². The molecule has 174 valence electrons. The Morgan fingerprint density at radius 1 is 1.27 bits per heavy atom. The van der Waals surface area contributed by atoms with Gasteiger partial charge in [-0.15, -0.1) is 0 Å². The number of benzene rings is 1. The van der Waals surface area contributed by atoms with E-state index in [0.717, 1.165) is 11.6 Å². The minimum absolute atomic E-state index is 0.0409. The number of pyridine rings is 1. The van der Waals surface area contributed by atoms with Gasteiger partial charge in [0, 0.05) is 38.0 Å². The van der Waals surface area contributed by atoms with E-state index in [1.807, 2.05) is 0 Å². The highest BCUT2D eigenvalue weighted by Gasteiger charge is 2.37. The summed E-state index contributed by atoms with van der Waals surface area (Å²) < 4.78 is 11.2. The molecule has 1 aliphatic heterocycles. The lowest BCUT2D eigenvalue weighted by Crippen LogP contribution is -2.19. The molecule has 13 nitrogen and oxygen atoms in total. The smallest absolute Gasteiger partial charge is 0.312 e. The summed E-state index contributed by atoms with van der Waals surface area (Å²) in [4.78, 5) is 48.6. The molecule has 0 radical (unpaired) electrons. The predicted molar refractivity (Wildman–Crippen MR) is 112 cm³/mol. The average Bonchev–Trinajstić information content (AvgIpc) is 3.14. The zero-order valence-corrected chi connectivity index (χ0v) is 17.4. The highest BCUT2D eigenvalue weighted by molar-refractivity contribution is 5.90. The number of nitro benzene ring substituents is 1. The Labute approximate surface area is 186 Å². The van der Waals surface area contributed by atoms with Crippen molar-refractivity contribution >= 4 is 28.9 Å². The maximum atomic E-state index is 12.0. The summed E-state index contributed by atoms with van der Waals surface area (Å²) in [6, 6.07) is 6.97. The number of hydrogen-bond acceptors (Lipinski definition) is 10. The minimum Gasteiger partial charge on any atom is -0.477 e. The number of nitro groups is 2. The monoisotopic (exact) mass is 460 g/mol. The number of carbonyl (C=O) groups is 2. The molecule has 1 aliphatic rings. The lowest BCUT2D eigenvalue weighted by atomic mass is 10.1. The molecule has 2 heterocycles. The molecule has 1 saturated heterocycles. The number of non-ortho nitro benzene ring substituents is 1. The fraction of sp³-hybridized carbons (Fsp3) is 0.350. The average molecular weight is 460 g/mol. The number of ketones is 1. The van der Waals surface area contributed by atoms with Crippen LogP contribution in [0.25, 0.3) is 0 Å². The number of hydrogen-bond donors (Lipinski definition) is 2. The molecule has 1 amide bonds. The lowest BCUT2D eigenvalue weighted by Gasteiger charge is -2.17. The number of aliphatic hydroxyl groups excluding tert-OH is 1. The number of ether oxygens (including phenoxy) is 2. The fourth-order valence-corrected chi connectivity index (χ4v) is 3.26. The van der Waals surface area contributed by atoms with Crippen LogP contribution in [0, 0.1) is 20.2 Å². The molecular formula is C20H20N4O9. The van der Waals surface area contributed by atoms with Gasteiger partial charge in [0.05, 0.1) is 34.7 Å². The Kier molecular flexibility index (Phi) is 7.25. The van der Waals surface area contributed by atoms with Crippen molar-refractivity contribution in [2.75, 3.05) is 18.5 Å². The standard InChI is InChI=1S/C20H20N4O9/c1-11(26)21-19-15(24(30)31)8-14(17-9-16(27)18(10-25)33-17)20(22-19)32-7-6-12-2-4-13(5-3-12)23(28)29/h2-5,8,17-18,25H,6-7,9-10H2,1H3,(H,21,22,26)/t17-,18-/m1/s1. The zero-order chi connectivity index (χ0) is 24.1. The molecule has 0 aliphatic carbocycles. The van der Waals surface area contributed by atoms with E-state index < -0.39 is 40.3 Å². The van der Waals surface area contributed by atoms with Crippen LogP contribution in [0.15, 0.2) is 30.3 Å². The molecule has 0 unspecified atom stereocenters. The molecular weight excluding hydrogens is 440 g/mol. The number of rotatable bonds is 9. The molecule has 0 spiro atoms. The van der Waals surface area contributed by atoms with Gasteiger partial charge in [-0.25, -0.2) is 0 Å². The van der Waals surface area contributed by atoms with Crippen LogP contribution in [0.1, 0.15) is 30.6 Å². The number of Topliss-reactive ketones (excluding diaryl/α,β-unsaturated/α-hetero) is 1. The summed E-state index contributed by atoms with van der Waals surface area (Å²) in [5.74, 6) is -1.36. The Bertz CT molecular complexity index is 1090. The van der Waals surface area contributed by atoms with Crippen LogP contribution in [0.3, 0.4) is 0 Å². The van der Waals surface area contributed by atoms with E-state index in [9.17, 15) is 34.9 Å². The highest BCUT2D eigenvalue weighted by Crippen LogP contribution is 2.39. The van der Waals surface area contributed by atoms with E-state index in [4.69, 9.17) is 9.47 Å². The van der Waals surface area contributed by atoms with Crippen molar-refractivity contribution in [1.29, 1.82) is 0 Å². The molecule has 0 bridgehead atoms. The minimum atomic E-state index is -1.06. The molecule has 2 N–H and O–H groups in total. The van der Waals surface area contributed by atoms with Crippen molar-refractivity contribution in [3.8, 4) is 5.88 Å². The van der Waals surface area contributed by atoms with Crippen LogP contribution in [0.5, 0.6) is 5.88 Å². The van der Waals surface area contributed by atoms with Crippen LogP contribution >= 0.6 is 0 Å². The third kappa shape index (κ3) is 5.64. The molecule has 1 aromatic heterocycles. The summed E-state index contributed by atoms with van der Waals surface area (Å²) in [7, 11) is 0. The van der Waals surface area contributed by atoms with Crippen molar-refractivity contribution in [2.45, 2.75) is 32.0 Å². The summed E-state index contributed by atoms with van der Waals surface area (Å²) in [6.45, 7) is 0.670. The third-order valence-corrected chi connectivity index (χ3v) is 4.85. The van der Waals surface area contributed by atoms with E-state index >= 15 is 0 Å². The first kappa shape index (κ1) is 23.7. The van der Waals surface area contributed by atoms with E-state index in [-0.39, 0.29) is 41.8 Å². The number of carbonyl (C=O) groups excluding carboxylic acids is 2. The van der Waals surface area contributed by atoms with Gasteiger partial charge in [-0.2, -0.15) is 4.98 Å². The Morgan fingerprint density at radius 3 is 2.52 bits per heavy atom. The second kappa shape index (κ2) is 10.1. The Balaban J connectivity index is 1.88. The van der Waals surface area contributed by atoms with E-state index in [2.05, 4.69) is 10.3 Å². The van der Waals surface area contributed by atoms with Crippen molar-refractivity contribution < 1.29 is 34.0 Å². The van der Waals surface area contributed by atoms with E-state index in [0.29, 0.717) is 6.42 Å². The number of amides is 1. The van der Waals surface area contributed by atoms with Gasteiger partial charge in [0.2, 0.25) is 17.6 Å². The lowest BCUT2D eigenvalue weighted by molar-refractivity contribution is -0.384. The van der Waals surface area contributed by atoms with Gasteiger partial charge < -0.3 is 19.9 Å². The summed E-state index contributed by atoms with van der Waals surface area (Å²) in [5, 5.41) is 33.9. The molecule has 2 aromatic rings. The second-order valence-corrected chi connectivity index (χ2v) is 7.18. The highest BCUT2D eigenvalue weighted by atomic mass is 16.6. The van der Waals surface area contributed by atoms with Crippen molar-refractivity contribution in [3.63, 3.8) is 0 Å². The largest absolute Gasteiger partial charge is 0.477 e. The van der Waals surface area contributed by atoms with Gasteiger partial charge in [-0.3, -0.25) is 29.8 Å². The first-order valence-corrected chi connectivity index (χ1v) is 9.81. The van der Waals surface area contributed by atoms with Gasteiger partial charge in [0.15, 0.2) is 5.78 Å². The topological polar surface area (TPSA) is 184 Å². The summed E-state index contributed by atoms with van der Waals surface area (Å²) in [5.41, 5.74) is 0.300. The SMILES string of the molecule is CC(=O)Nc1nc(OCCc2ccc([N+](=O)[O-])cc2)c([C@H]2CC(=O)[C@@H](CO)O2)cc1[N+](=O)[O-]. The first-order valence-electron chi connectivity index (χ1n) is 9.81. The van der Waals surface area contributed by atoms with Gasteiger partial charge in [-0.05, 0) is 5.56 Å². The number of aromatic nitrogens is 1. The van der Waals surface area contributed by atoms with Crippen molar-refractivity contribution in [1.82, 2.24) is 4.98 Å². The maximum absolute atomic E-state index is 12.0. The number of nitrogens with one attached hydrogen (secondary N) is 1. The maximum Gasteiger partial charge on any atom is 0.312 e. The normalized spacial score (nSPS) is 17.6. The molecule has 13 heteroatoms. The second-order valence-electron chi connectivity index (χ2n) is 7.18. The molecule has 1 aromatic carbocycles. The van der Waals surface area contributed by atoms with Crippen LogP contribution < -0.4 is 10.1 Å². The Hall–Kier alpha value is -3.97. The van der Waals surface area contributed by atoms with Crippen molar-refractivity contribution in [3.05, 3.63) is 61.7 Å². The Morgan fingerprint density at radius 2 is 1.97 bits per heavy atom. The van der Waals surface area contributed by atoms with Crippen molar-refractivity contribution in [2.24, 2.45) is 0 Å². The number of aliphatic hydroxyl groups is 1. The molecule has 3 rings (SSSR count). The van der Waals surface area contributed by atoms with E-state index in [1.54, 1.807) is 12.1 Å². The van der Waals surface area contributed by atoms with Gasteiger partial charge in [0.25, 0.3) is 5.69 Å². The van der Waals surface area contributed by atoms with Crippen LogP contribution in [-0.4, -0.2) is 50.9 Å². The van der Waals surface area contributed by atoms with Crippen LogP contribution in [-0.2, 0) is 20.7 Å². The molecule has 0 saturated carbocycles. The van der Waals surface area contributed by atoms with Gasteiger partial charge in [-0.1, -0.05) is 12.1 Å². The fourth-order valence-electron chi connectivity index (χ4n) is 3.26. The van der Waals surface area contributed by atoms with Gasteiger partial charge >= 0.3 is 5.69 Å². The summed E-state index contributed by atoms with van der Waals surface area (Å²) >= 11 is 0. The van der Waals surface area contributed by atoms with E-state index in [1.165, 1.54) is 19.1 Å². The zero-order valence-electron chi connectivity index (χ0n) is 17.4.